The highest BCUT2D eigenvalue weighted by atomic mass is 16.2. The van der Waals surface area contributed by atoms with Crippen LogP contribution in [0.15, 0.2) is 4.79 Å². The number of hydrogen-bond acceptors (Lipinski definition) is 4. The Kier molecular flexibility index (Phi) is 4.75. The molecule has 1 amide bonds. The molecule has 0 atom stereocenters. The molecule has 2 rings (SSSR count). The summed E-state index contributed by atoms with van der Waals surface area (Å²) in [6.45, 7) is 7.31. The van der Waals surface area contributed by atoms with Gasteiger partial charge in [-0.05, 0) is 6.92 Å². The molecule has 19 heavy (non-hydrogen) atoms. The summed E-state index contributed by atoms with van der Waals surface area (Å²) in [5.74, 6) is -0.108. The molecule has 1 aromatic rings. The highest BCUT2D eigenvalue weighted by Crippen LogP contribution is 1.97. The fourth-order valence-corrected chi connectivity index (χ4v) is 2.20. The Morgan fingerprint density at radius 3 is 2.68 bits per heavy atom. The van der Waals surface area contributed by atoms with Gasteiger partial charge in [-0.15, -0.1) is 0 Å². The number of aromatic amines is 2. The summed E-state index contributed by atoms with van der Waals surface area (Å²) in [7, 11) is 0. The molecule has 4 N–H and O–H groups in total. The number of carbonyl (C=O) groups is 1. The van der Waals surface area contributed by atoms with E-state index in [9.17, 15) is 9.59 Å². The van der Waals surface area contributed by atoms with Gasteiger partial charge in [0.2, 0.25) is 5.91 Å². The smallest absolute Gasteiger partial charge is 0.267 e. The van der Waals surface area contributed by atoms with Gasteiger partial charge in [0.25, 0.3) is 5.56 Å². The molecule has 1 aliphatic heterocycles. The molecule has 0 unspecified atom stereocenters. The predicted molar refractivity (Wildman–Crippen MR) is 72.2 cm³/mol. The van der Waals surface area contributed by atoms with Crippen LogP contribution in [0.1, 0.15) is 11.3 Å². The van der Waals surface area contributed by atoms with Crippen LogP contribution < -0.4 is 16.2 Å². The minimum atomic E-state index is -0.213. The molecular weight excluding hydrogens is 246 g/mol. The number of hydrogen-bond donors (Lipinski definition) is 4. The van der Waals surface area contributed by atoms with Crippen LogP contribution in [0.4, 0.5) is 0 Å². The number of H-pyrrole nitrogens is 2. The van der Waals surface area contributed by atoms with Gasteiger partial charge in [0.05, 0.1) is 6.42 Å². The Morgan fingerprint density at radius 2 is 2.05 bits per heavy atom. The molecule has 7 nitrogen and oxygen atoms in total. The fraction of sp³-hybridized carbons (Fsp3) is 0.667. The predicted octanol–water partition coefficient (Wildman–Crippen LogP) is -1.42. The van der Waals surface area contributed by atoms with E-state index < -0.39 is 0 Å². The molecular formula is C12H21N5O2. The quantitative estimate of drug-likeness (QED) is 0.526. The molecule has 0 bridgehead atoms. The number of piperazine rings is 1. The fourth-order valence-electron chi connectivity index (χ4n) is 2.20. The van der Waals surface area contributed by atoms with Crippen molar-refractivity contribution in [2.45, 2.75) is 13.3 Å². The van der Waals surface area contributed by atoms with Crippen LogP contribution in [0, 0.1) is 6.92 Å². The number of aryl methyl sites for hydroxylation is 1. The van der Waals surface area contributed by atoms with Crippen molar-refractivity contribution in [2.75, 3.05) is 39.3 Å². The number of amides is 1. The Labute approximate surface area is 111 Å². The second-order valence-electron chi connectivity index (χ2n) is 4.80. The van der Waals surface area contributed by atoms with Crippen molar-refractivity contribution in [1.82, 2.24) is 25.7 Å². The SMILES string of the molecule is Cc1[nH][nH]c(=O)c1CC(=O)NCCN1CCNCC1. The van der Waals surface area contributed by atoms with Gasteiger partial charge < -0.3 is 15.7 Å². The zero-order valence-electron chi connectivity index (χ0n) is 11.2. The first-order chi connectivity index (χ1) is 9.16. The lowest BCUT2D eigenvalue weighted by molar-refractivity contribution is -0.120. The van der Waals surface area contributed by atoms with E-state index in [1.165, 1.54) is 0 Å². The van der Waals surface area contributed by atoms with E-state index in [-0.39, 0.29) is 17.9 Å². The van der Waals surface area contributed by atoms with Crippen LogP contribution in [0.3, 0.4) is 0 Å². The van der Waals surface area contributed by atoms with Gasteiger partial charge >= 0.3 is 0 Å². The molecule has 0 aromatic carbocycles. The van der Waals surface area contributed by atoms with E-state index in [0.29, 0.717) is 12.1 Å². The Morgan fingerprint density at radius 1 is 1.32 bits per heavy atom. The molecule has 2 heterocycles. The monoisotopic (exact) mass is 267 g/mol. The number of nitrogens with zero attached hydrogens (tertiary/aromatic N) is 1. The first-order valence-electron chi connectivity index (χ1n) is 6.62. The van der Waals surface area contributed by atoms with Gasteiger partial charge in [-0.1, -0.05) is 0 Å². The lowest BCUT2D eigenvalue weighted by Gasteiger charge is -2.27. The summed E-state index contributed by atoms with van der Waals surface area (Å²) in [5.41, 5.74) is 1.02. The van der Waals surface area contributed by atoms with Crippen LogP contribution in [0.5, 0.6) is 0 Å². The van der Waals surface area contributed by atoms with Gasteiger partial charge in [0, 0.05) is 50.5 Å². The zero-order chi connectivity index (χ0) is 13.7. The summed E-state index contributed by atoms with van der Waals surface area (Å²) in [6.07, 6.45) is 0.131. The molecule has 7 heteroatoms. The average Bonchev–Trinajstić information content (AvgIpc) is 2.72. The topological polar surface area (TPSA) is 93.0 Å². The third-order valence-electron chi connectivity index (χ3n) is 3.39. The number of nitrogens with one attached hydrogen (secondary N) is 4. The van der Waals surface area contributed by atoms with E-state index in [4.69, 9.17) is 0 Å². The van der Waals surface area contributed by atoms with Crippen molar-refractivity contribution in [2.24, 2.45) is 0 Å². The minimum Gasteiger partial charge on any atom is -0.355 e. The van der Waals surface area contributed by atoms with Crippen molar-refractivity contribution < 1.29 is 4.79 Å². The van der Waals surface area contributed by atoms with Crippen molar-refractivity contribution >= 4 is 5.91 Å². The molecule has 0 aliphatic carbocycles. The molecule has 0 saturated carbocycles. The van der Waals surface area contributed by atoms with Gasteiger partial charge in [-0.25, -0.2) is 0 Å². The average molecular weight is 267 g/mol. The maximum atomic E-state index is 11.7. The third kappa shape index (κ3) is 3.93. The maximum Gasteiger partial charge on any atom is 0.267 e. The van der Waals surface area contributed by atoms with E-state index in [1.54, 1.807) is 6.92 Å². The molecule has 106 valence electrons. The Bertz CT molecular complexity index is 473. The third-order valence-corrected chi connectivity index (χ3v) is 3.39. The second kappa shape index (κ2) is 6.53. The summed E-state index contributed by atoms with van der Waals surface area (Å²) >= 11 is 0. The lowest BCUT2D eigenvalue weighted by atomic mass is 10.2. The van der Waals surface area contributed by atoms with E-state index in [2.05, 4.69) is 25.7 Å². The van der Waals surface area contributed by atoms with E-state index in [1.807, 2.05) is 0 Å². The Balaban J connectivity index is 1.71. The van der Waals surface area contributed by atoms with Crippen LogP contribution in [-0.2, 0) is 11.2 Å². The van der Waals surface area contributed by atoms with Crippen molar-refractivity contribution in [3.8, 4) is 0 Å². The second-order valence-corrected chi connectivity index (χ2v) is 4.80. The van der Waals surface area contributed by atoms with E-state index in [0.717, 1.165) is 38.4 Å². The van der Waals surface area contributed by atoms with Gasteiger partial charge in [-0.2, -0.15) is 0 Å². The van der Waals surface area contributed by atoms with Crippen molar-refractivity contribution in [3.05, 3.63) is 21.6 Å². The maximum absolute atomic E-state index is 11.7. The number of carbonyl (C=O) groups excluding carboxylic acids is 1. The van der Waals surface area contributed by atoms with Gasteiger partial charge in [-0.3, -0.25) is 19.6 Å². The summed E-state index contributed by atoms with van der Waals surface area (Å²) in [4.78, 5) is 25.5. The summed E-state index contributed by atoms with van der Waals surface area (Å²) in [5, 5.41) is 11.3. The summed E-state index contributed by atoms with van der Waals surface area (Å²) in [6, 6.07) is 0. The molecule has 1 aliphatic rings. The Hall–Kier alpha value is -1.60. The number of aromatic nitrogens is 2. The van der Waals surface area contributed by atoms with Crippen LogP contribution >= 0.6 is 0 Å². The minimum absolute atomic E-state index is 0.108. The van der Waals surface area contributed by atoms with Crippen molar-refractivity contribution in [1.29, 1.82) is 0 Å². The molecule has 0 spiro atoms. The highest BCUT2D eigenvalue weighted by Gasteiger charge is 2.12. The summed E-state index contributed by atoms with van der Waals surface area (Å²) < 4.78 is 0. The lowest BCUT2D eigenvalue weighted by Crippen LogP contribution is -2.46. The van der Waals surface area contributed by atoms with Crippen LogP contribution in [0.25, 0.3) is 0 Å². The van der Waals surface area contributed by atoms with Crippen molar-refractivity contribution in [3.63, 3.8) is 0 Å². The first kappa shape index (κ1) is 13.8. The standard InChI is InChI=1S/C12H21N5O2/c1-9-10(12(19)16-15-9)8-11(18)14-4-7-17-5-2-13-3-6-17/h13H,2-8H2,1H3,(H,14,18)(H2,15,16,19). The highest BCUT2D eigenvalue weighted by molar-refractivity contribution is 5.78. The largest absolute Gasteiger partial charge is 0.355 e. The molecule has 0 radical (unpaired) electrons. The first-order valence-corrected chi connectivity index (χ1v) is 6.62. The molecule has 1 fully saturated rings. The number of rotatable bonds is 5. The normalized spacial score (nSPS) is 16.5. The van der Waals surface area contributed by atoms with Crippen LogP contribution in [0.2, 0.25) is 0 Å². The molecule has 1 aromatic heterocycles. The zero-order valence-corrected chi connectivity index (χ0v) is 11.2. The molecule has 1 saturated heterocycles. The van der Waals surface area contributed by atoms with Gasteiger partial charge in [0.1, 0.15) is 0 Å². The van der Waals surface area contributed by atoms with E-state index >= 15 is 0 Å². The van der Waals surface area contributed by atoms with Crippen LogP contribution in [-0.4, -0.2) is 60.3 Å². The van der Waals surface area contributed by atoms with Gasteiger partial charge in [0.15, 0.2) is 0 Å².